The highest BCUT2D eigenvalue weighted by Crippen LogP contribution is 2.19. The molecule has 5 nitrogen and oxygen atoms in total. The van der Waals surface area contributed by atoms with E-state index in [1.807, 2.05) is 6.07 Å². The Hall–Kier alpha value is -1.88. The van der Waals surface area contributed by atoms with Crippen molar-refractivity contribution in [1.82, 2.24) is 5.32 Å². The molecule has 1 rings (SSSR count). The maximum absolute atomic E-state index is 11.2. The zero-order valence-electron chi connectivity index (χ0n) is 10.2. The second-order valence-electron chi connectivity index (χ2n) is 4.10. The molecule has 0 amide bonds. The maximum atomic E-state index is 11.2. The molecule has 2 atom stereocenters. The maximum Gasteiger partial charge on any atom is 0.320 e. The van der Waals surface area contributed by atoms with Crippen LogP contribution in [0.2, 0.25) is 0 Å². The fourth-order valence-electron chi connectivity index (χ4n) is 1.65. The molecule has 5 heteroatoms. The van der Waals surface area contributed by atoms with E-state index in [2.05, 4.69) is 5.32 Å². The summed E-state index contributed by atoms with van der Waals surface area (Å²) < 4.78 is 0. The normalized spacial score (nSPS) is 13.8. The average Bonchev–Trinajstić information content (AvgIpc) is 2.34. The van der Waals surface area contributed by atoms with Crippen LogP contribution in [-0.2, 0) is 9.59 Å². The predicted octanol–water partition coefficient (Wildman–Crippen LogP) is 1.31. The van der Waals surface area contributed by atoms with Crippen molar-refractivity contribution in [3.63, 3.8) is 0 Å². The number of carboxylic acid groups (broad SMARTS) is 2. The molecular weight excluding hydrogens is 234 g/mol. The van der Waals surface area contributed by atoms with Gasteiger partial charge < -0.3 is 15.5 Å². The van der Waals surface area contributed by atoms with E-state index in [9.17, 15) is 9.59 Å². The van der Waals surface area contributed by atoms with Gasteiger partial charge in [0.1, 0.15) is 6.04 Å². The molecule has 0 saturated carbocycles. The zero-order valence-corrected chi connectivity index (χ0v) is 10.2. The Kier molecular flexibility index (Phi) is 5.32. The third kappa shape index (κ3) is 4.18. The van der Waals surface area contributed by atoms with Crippen molar-refractivity contribution in [2.45, 2.75) is 25.3 Å². The molecule has 1 aromatic carbocycles. The number of carboxylic acids is 2. The summed E-state index contributed by atoms with van der Waals surface area (Å²) in [6.45, 7) is 1.87. The Morgan fingerprint density at radius 3 is 2.28 bits per heavy atom. The first-order valence-electron chi connectivity index (χ1n) is 5.76. The quantitative estimate of drug-likeness (QED) is 0.680. The van der Waals surface area contributed by atoms with Gasteiger partial charge in [-0.05, 0) is 25.5 Å². The summed E-state index contributed by atoms with van der Waals surface area (Å²) >= 11 is 0. The van der Waals surface area contributed by atoms with Crippen molar-refractivity contribution in [2.24, 2.45) is 0 Å². The Bertz CT molecular complexity index is 405. The summed E-state index contributed by atoms with van der Waals surface area (Å²) in [7, 11) is 0. The fourth-order valence-corrected chi connectivity index (χ4v) is 1.65. The van der Waals surface area contributed by atoms with Crippen LogP contribution in [0.4, 0.5) is 0 Å². The Balaban J connectivity index is 2.55. The van der Waals surface area contributed by atoms with Gasteiger partial charge in [0.25, 0.3) is 0 Å². The van der Waals surface area contributed by atoms with Gasteiger partial charge in [0.15, 0.2) is 0 Å². The van der Waals surface area contributed by atoms with Crippen LogP contribution in [0.3, 0.4) is 0 Å². The van der Waals surface area contributed by atoms with Crippen LogP contribution >= 0.6 is 0 Å². The van der Waals surface area contributed by atoms with Gasteiger partial charge in [-0.1, -0.05) is 30.3 Å². The standard InChI is InChI=1S/C13H17NO4/c1-9(12(15)16)14-8-7-11(13(17)18)10-5-3-2-4-6-10/h2-6,9,11,14H,7-8H2,1H3,(H,15,16)(H,17,18)/t9-,11?/m0/s1. The number of hydrogen-bond donors (Lipinski definition) is 3. The van der Waals surface area contributed by atoms with E-state index in [4.69, 9.17) is 10.2 Å². The van der Waals surface area contributed by atoms with Crippen LogP contribution in [0.1, 0.15) is 24.8 Å². The first kappa shape index (κ1) is 14.2. The molecule has 0 aliphatic heterocycles. The predicted molar refractivity (Wildman–Crippen MR) is 66.5 cm³/mol. The Morgan fingerprint density at radius 2 is 1.78 bits per heavy atom. The summed E-state index contributed by atoms with van der Waals surface area (Å²) in [5.74, 6) is -2.45. The van der Waals surface area contributed by atoms with E-state index in [-0.39, 0.29) is 0 Å². The number of hydrogen-bond acceptors (Lipinski definition) is 3. The van der Waals surface area contributed by atoms with Crippen LogP contribution < -0.4 is 5.32 Å². The van der Waals surface area contributed by atoms with E-state index in [1.165, 1.54) is 6.92 Å². The summed E-state index contributed by atoms with van der Waals surface area (Å²) in [5, 5.41) is 20.6. The van der Waals surface area contributed by atoms with Crippen LogP contribution in [-0.4, -0.2) is 34.7 Å². The minimum absolute atomic E-state index is 0.347. The number of nitrogens with one attached hydrogen (secondary N) is 1. The molecule has 98 valence electrons. The molecule has 1 unspecified atom stereocenters. The van der Waals surface area contributed by atoms with Crippen LogP contribution in [0.5, 0.6) is 0 Å². The summed E-state index contributed by atoms with van der Waals surface area (Å²) in [6.07, 6.45) is 0.358. The minimum atomic E-state index is -0.943. The van der Waals surface area contributed by atoms with Gasteiger partial charge >= 0.3 is 11.9 Å². The third-order valence-corrected chi connectivity index (χ3v) is 2.75. The molecule has 0 aliphatic carbocycles. The second-order valence-corrected chi connectivity index (χ2v) is 4.10. The fraction of sp³-hybridized carbons (Fsp3) is 0.385. The zero-order chi connectivity index (χ0) is 13.5. The molecular formula is C13H17NO4. The number of rotatable bonds is 7. The van der Waals surface area contributed by atoms with Crippen LogP contribution in [0, 0.1) is 0 Å². The van der Waals surface area contributed by atoms with Gasteiger partial charge in [-0.15, -0.1) is 0 Å². The second kappa shape index (κ2) is 6.76. The summed E-state index contributed by atoms with van der Waals surface area (Å²) in [6, 6.07) is 8.26. The molecule has 18 heavy (non-hydrogen) atoms. The van der Waals surface area contributed by atoms with Crippen molar-refractivity contribution < 1.29 is 19.8 Å². The lowest BCUT2D eigenvalue weighted by molar-refractivity contribution is -0.139. The van der Waals surface area contributed by atoms with Crippen molar-refractivity contribution in [3.8, 4) is 0 Å². The highest BCUT2D eigenvalue weighted by Gasteiger charge is 2.19. The molecule has 0 aromatic heterocycles. The van der Waals surface area contributed by atoms with Crippen molar-refractivity contribution in [1.29, 1.82) is 0 Å². The number of benzene rings is 1. The van der Waals surface area contributed by atoms with E-state index in [0.717, 1.165) is 5.56 Å². The SMILES string of the molecule is C[C@H](NCCC(C(=O)O)c1ccccc1)C(=O)O. The van der Waals surface area contributed by atoms with Gasteiger partial charge in [0.2, 0.25) is 0 Å². The monoisotopic (exact) mass is 251 g/mol. The molecule has 0 bridgehead atoms. The van der Waals surface area contributed by atoms with Gasteiger partial charge in [0, 0.05) is 0 Å². The van der Waals surface area contributed by atoms with E-state index >= 15 is 0 Å². The van der Waals surface area contributed by atoms with Crippen molar-refractivity contribution in [2.75, 3.05) is 6.54 Å². The molecule has 0 radical (unpaired) electrons. The topological polar surface area (TPSA) is 86.6 Å². The van der Waals surface area contributed by atoms with Gasteiger partial charge in [-0.3, -0.25) is 9.59 Å². The van der Waals surface area contributed by atoms with Crippen LogP contribution in [0.15, 0.2) is 30.3 Å². The average molecular weight is 251 g/mol. The first-order chi connectivity index (χ1) is 8.52. The minimum Gasteiger partial charge on any atom is -0.481 e. The molecule has 0 aliphatic rings. The largest absolute Gasteiger partial charge is 0.481 e. The van der Waals surface area contributed by atoms with Gasteiger partial charge in [-0.2, -0.15) is 0 Å². The lowest BCUT2D eigenvalue weighted by atomic mass is 9.96. The smallest absolute Gasteiger partial charge is 0.320 e. The van der Waals surface area contributed by atoms with Gasteiger partial charge in [-0.25, -0.2) is 0 Å². The molecule has 0 saturated heterocycles. The third-order valence-electron chi connectivity index (χ3n) is 2.75. The lowest BCUT2D eigenvalue weighted by Gasteiger charge is -2.14. The molecule has 3 N–H and O–H groups in total. The van der Waals surface area contributed by atoms with Crippen molar-refractivity contribution in [3.05, 3.63) is 35.9 Å². The number of aliphatic carboxylic acids is 2. The Morgan fingerprint density at radius 1 is 1.17 bits per heavy atom. The number of carbonyl (C=O) groups is 2. The Labute approximate surface area is 105 Å². The lowest BCUT2D eigenvalue weighted by Crippen LogP contribution is -2.35. The van der Waals surface area contributed by atoms with Crippen molar-refractivity contribution >= 4 is 11.9 Å². The molecule has 0 fully saturated rings. The molecule has 0 spiro atoms. The highest BCUT2D eigenvalue weighted by atomic mass is 16.4. The van der Waals surface area contributed by atoms with Gasteiger partial charge in [0.05, 0.1) is 5.92 Å². The molecule has 1 aromatic rings. The van der Waals surface area contributed by atoms with E-state index in [1.54, 1.807) is 24.3 Å². The summed E-state index contributed by atoms with van der Waals surface area (Å²) in [5.41, 5.74) is 0.731. The highest BCUT2D eigenvalue weighted by molar-refractivity contribution is 5.76. The van der Waals surface area contributed by atoms with E-state index in [0.29, 0.717) is 13.0 Å². The van der Waals surface area contributed by atoms with Crippen LogP contribution in [0.25, 0.3) is 0 Å². The summed E-state index contributed by atoms with van der Waals surface area (Å²) in [4.78, 5) is 21.8. The van der Waals surface area contributed by atoms with E-state index < -0.39 is 23.9 Å². The first-order valence-corrected chi connectivity index (χ1v) is 5.76. The molecule has 0 heterocycles.